The highest BCUT2D eigenvalue weighted by molar-refractivity contribution is 5.74. The van der Waals surface area contributed by atoms with Crippen LogP contribution in [0.2, 0.25) is 0 Å². The van der Waals surface area contributed by atoms with Crippen molar-refractivity contribution in [2.24, 2.45) is 5.73 Å². The molecule has 0 saturated carbocycles. The van der Waals surface area contributed by atoms with Crippen molar-refractivity contribution < 1.29 is 9.53 Å². The average molecular weight is 208 g/mol. The maximum atomic E-state index is 10.6. The molecule has 1 aromatic carbocycles. The molecule has 4 nitrogen and oxygen atoms in total. The first-order valence-electron chi connectivity index (χ1n) is 4.98. The molecule has 0 heterocycles. The van der Waals surface area contributed by atoms with Crippen LogP contribution in [0.3, 0.4) is 0 Å². The van der Waals surface area contributed by atoms with Crippen molar-refractivity contribution in [2.75, 3.05) is 18.5 Å². The van der Waals surface area contributed by atoms with Gasteiger partial charge < -0.3 is 15.8 Å². The van der Waals surface area contributed by atoms with Gasteiger partial charge in [0, 0.05) is 13.0 Å². The van der Waals surface area contributed by atoms with E-state index in [1.54, 1.807) is 0 Å². The van der Waals surface area contributed by atoms with Crippen LogP contribution in [-0.4, -0.2) is 19.1 Å². The number of nitrogens with one attached hydrogen (secondary N) is 1. The van der Waals surface area contributed by atoms with Crippen molar-refractivity contribution in [3.05, 3.63) is 24.3 Å². The van der Waals surface area contributed by atoms with Crippen molar-refractivity contribution in [1.82, 2.24) is 0 Å². The summed E-state index contributed by atoms with van der Waals surface area (Å²) in [5.74, 6) is 0.487. The fourth-order valence-electron chi connectivity index (χ4n) is 1.21. The maximum Gasteiger partial charge on any atom is 0.219 e. The average Bonchev–Trinajstić information content (AvgIpc) is 2.20. The van der Waals surface area contributed by atoms with Crippen molar-refractivity contribution in [2.45, 2.75) is 13.3 Å². The second-order valence-electron chi connectivity index (χ2n) is 3.07. The number of hydrogen-bond acceptors (Lipinski definition) is 3. The van der Waals surface area contributed by atoms with Gasteiger partial charge in [-0.3, -0.25) is 4.79 Å². The predicted molar refractivity (Wildman–Crippen MR) is 59.9 cm³/mol. The van der Waals surface area contributed by atoms with Gasteiger partial charge in [-0.1, -0.05) is 12.1 Å². The smallest absolute Gasteiger partial charge is 0.219 e. The van der Waals surface area contributed by atoms with E-state index in [1.807, 2.05) is 31.2 Å². The molecule has 0 aliphatic carbocycles. The third kappa shape index (κ3) is 3.89. The van der Waals surface area contributed by atoms with E-state index in [0.29, 0.717) is 19.6 Å². The van der Waals surface area contributed by atoms with Gasteiger partial charge in [0.1, 0.15) is 5.75 Å². The Morgan fingerprint density at radius 2 is 2.20 bits per heavy atom. The number of ether oxygens (including phenoxy) is 1. The van der Waals surface area contributed by atoms with E-state index in [4.69, 9.17) is 10.5 Å². The Kier molecular flexibility index (Phi) is 4.47. The number of benzene rings is 1. The number of primary amides is 1. The summed E-state index contributed by atoms with van der Waals surface area (Å²) in [5.41, 5.74) is 5.93. The lowest BCUT2D eigenvalue weighted by molar-refractivity contribution is -0.117. The minimum atomic E-state index is -0.309. The molecule has 0 radical (unpaired) electrons. The van der Waals surface area contributed by atoms with E-state index >= 15 is 0 Å². The molecule has 0 spiro atoms. The van der Waals surface area contributed by atoms with E-state index < -0.39 is 0 Å². The van der Waals surface area contributed by atoms with Crippen LogP contribution in [0.4, 0.5) is 5.69 Å². The van der Waals surface area contributed by atoms with Gasteiger partial charge in [-0.05, 0) is 19.1 Å². The molecule has 1 rings (SSSR count). The van der Waals surface area contributed by atoms with Crippen LogP contribution in [-0.2, 0) is 4.79 Å². The Bertz CT molecular complexity index is 326. The molecular weight excluding hydrogens is 192 g/mol. The Morgan fingerprint density at radius 1 is 1.47 bits per heavy atom. The number of rotatable bonds is 6. The third-order valence-corrected chi connectivity index (χ3v) is 1.87. The van der Waals surface area contributed by atoms with Crippen LogP contribution in [0.25, 0.3) is 0 Å². The van der Waals surface area contributed by atoms with Crippen LogP contribution in [0.5, 0.6) is 5.75 Å². The lowest BCUT2D eigenvalue weighted by Crippen LogP contribution is -2.16. The summed E-state index contributed by atoms with van der Waals surface area (Å²) in [6.45, 7) is 3.08. The van der Waals surface area contributed by atoms with Crippen LogP contribution >= 0.6 is 0 Å². The molecular formula is C11H16N2O2. The van der Waals surface area contributed by atoms with Crippen LogP contribution in [0.15, 0.2) is 24.3 Å². The van der Waals surface area contributed by atoms with Crippen LogP contribution in [0.1, 0.15) is 13.3 Å². The van der Waals surface area contributed by atoms with Gasteiger partial charge in [-0.2, -0.15) is 0 Å². The topological polar surface area (TPSA) is 64.3 Å². The van der Waals surface area contributed by atoms with Crippen molar-refractivity contribution in [1.29, 1.82) is 0 Å². The molecule has 0 fully saturated rings. The third-order valence-electron chi connectivity index (χ3n) is 1.87. The van der Waals surface area contributed by atoms with Gasteiger partial charge in [0.05, 0.1) is 12.3 Å². The molecule has 82 valence electrons. The monoisotopic (exact) mass is 208 g/mol. The SMILES string of the molecule is CCOc1ccccc1NCCC(N)=O. The zero-order valence-electron chi connectivity index (χ0n) is 8.82. The van der Waals surface area contributed by atoms with Crippen molar-refractivity contribution in [3.8, 4) is 5.75 Å². The highest BCUT2D eigenvalue weighted by atomic mass is 16.5. The number of amides is 1. The summed E-state index contributed by atoms with van der Waals surface area (Å²) in [6.07, 6.45) is 0.320. The molecule has 15 heavy (non-hydrogen) atoms. The standard InChI is InChI=1S/C11H16N2O2/c1-2-15-10-6-4-3-5-9(10)13-8-7-11(12)14/h3-6,13H,2,7-8H2,1H3,(H2,12,14). The zero-order valence-corrected chi connectivity index (χ0v) is 8.82. The van der Waals surface area contributed by atoms with Crippen molar-refractivity contribution >= 4 is 11.6 Å². The largest absolute Gasteiger partial charge is 0.492 e. The lowest BCUT2D eigenvalue weighted by atomic mass is 10.3. The summed E-state index contributed by atoms with van der Waals surface area (Å²) in [4.78, 5) is 10.6. The summed E-state index contributed by atoms with van der Waals surface area (Å²) >= 11 is 0. The minimum absolute atomic E-state index is 0.309. The van der Waals surface area contributed by atoms with Gasteiger partial charge in [0.25, 0.3) is 0 Å². The summed E-state index contributed by atoms with van der Waals surface area (Å²) in [7, 11) is 0. The summed E-state index contributed by atoms with van der Waals surface area (Å²) in [5, 5.41) is 3.10. The van der Waals surface area contributed by atoms with Crippen LogP contribution in [0, 0.1) is 0 Å². The first kappa shape index (κ1) is 11.4. The summed E-state index contributed by atoms with van der Waals surface area (Å²) in [6, 6.07) is 7.61. The van der Waals surface area contributed by atoms with E-state index in [0.717, 1.165) is 11.4 Å². The normalized spacial score (nSPS) is 9.67. The molecule has 1 amide bonds. The highest BCUT2D eigenvalue weighted by Crippen LogP contribution is 2.23. The Labute approximate surface area is 89.4 Å². The Hall–Kier alpha value is -1.71. The lowest BCUT2D eigenvalue weighted by Gasteiger charge is -2.11. The quantitative estimate of drug-likeness (QED) is 0.742. The van der Waals surface area contributed by atoms with Gasteiger partial charge in [-0.15, -0.1) is 0 Å². The first-order chi connectivity index (χ1) is 7.24. The molecule has 1 aromatic rings. The number of anilines is 1. The number of para-hydroxylation sites is 2. The van der Waals surface area contributed by atoms with E-state index in [9.17, 15) is 4.79 Å². The second kappa shape index (κ2) is 5.90. The molecule has 3 N–H and O–H groups in total. The molecule has 0 aliphatic heterocycles. The summed E-state index contributed by atoms with van der Waals surface area (Å²) < 4.78 is 5.42. The van der Waals surface area contributed by atoms with Crippen molar-refractivity contribution in [3.63, 3.8) is 0 Å². The van der Waals surface area contributed by atoms with Gasteiger partial charge in [-0.25, -0.2) is 0 Å². The molecule has 0 atom stereocenters. The predicted octanol–water partition coefficient (Wildman–Crippen LogP) is 1.37. The van der Waals surface area contributed by atoms with E-state index in [-0.39, 0.29) is 5.91 Å². The molecule has 0 unspecified atom stereocenters. The van der Waals surface area contributed by atoms with Gasteiger partial charge in [0.15, 0.2) is 0 Å². The van der Waals surface area contributed by atoms with Gasteiger partial charge in [0.2, 0.25) is 5.91 Å². The molecule has 0 aliphatic rings. The Morgan fingerprint density at radius 3 is 2.87 bits per heavy atom. The Balaban J connectivity index is 2.55. The molecule has 0 saturated heterocycles. The van der Waals surface area contributed by atoms with Gasteiger partial charge >= 0.3 is 0 Å². The maximum absolute atomic E-state index is 10.6. The minimum Gasteiger partial charge on any atom is -0.492 e. The molecule has 4 heteroatoms. The highest BCUT2D eigenvalue weighted by Gasteiger charge is 2.01. The molecule has 0 aromatic heterocycles. The number of hydrogen-bond donors (Lipinski definition) is 2. The number of nitrogens with two attached hydrogens (primary N) is 1. The van der Waals surface area contributed by atoms with Crippen LogP contribution < -0.4 is 15.8 Å². The number of carbonyl (C=O) groups is 1. The second-order valence-corrected chi connectivity index (χ2v) is 3.07. The molecule has 0 bridgehead atoms. The fraction of sp³-hybridized carbons (Fsp3) is 0.364. The zero-order chi connectivity index (χ0) is 11.1. The van der Waals surface area contributed by atoms with E-state index in [1.165, 1.54) is 0 Å². The fourth-order valence-corrected chi connectivity index (χ4v) is 1.21. The number of carbonyl (C=O) groups excluding carboxylic acids is 1. The van der Waals surface area contributed by atoms with E-state index in [2.05, 4.69) is 5.32 Å². The first-order valence-corrected chi connectivity index (χ1v) is 4.98.